The minimum atomic E-state index is -1.76. The lowest BCUT2D eigenvalue weighted by Gasteiger charge is -2.39. The van der Waals surface area contributed by atoms with Crippen LogP contribution in [0.3, 0.4) is 0 Å². The van der Waals surface area contributed by atoms with E-state index in [-0.39, 0.29) is 0 Å². The van der Waals surface area contributed by atoms with Crippen LogP contribution in [0.4, 0.5) is 0 Å². The van der Waals surface area contributed by atoms with Crippen LogP contribution in [0.2, 0.25) is 0 Å². The maximum Gasteiger partial charge on any atom is 0.343 e. The first-order valence-electron chi connectivity index (χ1n) is 6.52. The molecule has 23 heavy (non-hydrogen) atoms. The number of rotatable bonds is 4. The van der Waals surface area contributed by atoms with Gasteiger partial charge in [-0.15, -0.1) is 0 Å². The van der Waals surface area contributed by atoms with Crippen LogP contribution in [-0.2, 0) is 4.74 Å². The van der Waals surface area contributed by atoms with Crippen molar-refractivity contribution in [3.8, 4) is 17.2 Å². The van der Waals surface area contributed by atoms with Gasteiger partial charge in [0.05, 0.1) is 6.61 Å². The number of aromatic hydroxyl groups is 2. The van der Waals surface area contributed by atoms with E-state index in [1.807, 2.05) is 0 Å². The van der Waals surface area contributed by atoms with E-state index in [1.54, 1.807) is 0 Å². The predicted molar refractivity (Wildman–Crippen MR) is 71.1 cm³/mol. The fourth-order valence-electron chi connectivity index (χ4n) is 2.18. The van der Waals surface area contributed by atoms with Gasteiger partial charge in [0.15, 0.2) is 0 Å². The maximum absolute atomic E-state index is 11.2. The largest absolute Gasteiger partial charge is 0.508 e. The van der Waals surface area contributed by atoms with E-state index in [9.17, 15) is 30.3 Å². The third kappa shape index (κ3) is 3.30. The van der Waals surface area contributed by atoms with Crippen LogP contribution in [0.5, 0.6) is 17.2 Å². The molecule has 0 saturated carbocycles. The highest BCUT2D eigenvalue weighted by Crippen LogP contribution is 2.35. The molecule has 1 fully saturated rings. The third-order valence-electron chi connectivity index (χ3n) is 3.37. The zero-order valence-electron chi connectivity index (χ0n) is 11.6. The predicted octanol–water partition coefficient (Wildman–Crippen LogP) is -2.03. The second-order valence-electron chi connectivity index (χ2n) is 4.96. The molecule has 0 unspecified atom stereocenters. The van der Waals surface area contributed by atoms with Crippen molar-refractivity contribution in [2.45, 2.75) is 30.7 Å². The summed E-state index contributed by atoms with van der Waals surface area (Å²) in [6, 6.07) is 1.65. The third-order valence-corrected chi connectivity index (χ3v) is 3.37. The number of phenolic OH excluding ortho intramolecular Hbond substituents is 1. The molecule has 1 saturated heterocycles. The van der Waals surface area contributed by atoms with E-state index < -0.39 is 66.1 Å². The van der Waals surface area contributed by atoms with Gasteiger partial charge in [-0.1, -0.05) is 0 Å². The molecule has 0 aliphatic carbocycles. The molecule has 1 aromatic rings. The van der Waals surface area contributed by atoms with Crippen molar-refractivity contribution in [1.82, 2.24) is 0 Å². The first-order chi connectivity index (χ1) is 10.8. The molecule has 1 aliphatic rings. The Hall–Kier alpha value is -2.11. The summed E-state index contributed by atoms with van der Waals surface area (Å²) in [7, 11) is 0. The average molecular weight is 332 g/mol. The summed E-state index contributed by atoms with van der Waals surface area (Å²) < 4.78 is 10.2. The van der Waals surface area contributed by atoms with Gasteiger partial charge in [-0.05, 0) is 0 Å². The smallest absolute Gasteiger partial charge is 0.343 e. The number of carboxylic acids is 1. The molecular formula is C13H16O10. The Kier molecular flexibility index (Phi) is 4.92. The number of hydrogen-bond acceptors (Lipinski definition) is 9. The lowest BCUT2D eigenvalue weighted by molar-refractivity contribution is -0.277. The molecule has 0 radical (unpaired) electrons. The lowest BCUT2D eigenvalue weighted by Crippen LogP contribution is -2.60. The van der Waals surface area contributed by atoms with Crippen molar-refractivity contribution in [3.63, 3.8) is 0 Å². The zero-order valence-corrected chi connectivity index (χ0v) is 11.6. The van der Waals surface area contributed by atoms with Crippen molar-refractivity contribution in [2.75, 3.05) is 6.61 Å². The molecule has 1 aliphatic heterocycles. The van der Waals surface area contributed by atoms with Crippen LogP contribution in [-0.4, -0.2) is 79.0 Å². The number of ether oxygens (including phenoxy) is 2. The van der Waals surface area contributed by atoms with Crippen molar-refractivity contribution < 1.29 is 50.0 Å². The average Bonchev–Trinajstić information content (AvgIpc) is 2.46. The van der Waals surface area contributed by atoms with Crippen LogP contribution in [0.15, 0.2) is 12.1 Å². The Morgan fingerprint density at radius 3 is 2.35 bits per heavy atom. The number of aromatic carboxylic acids is 1. The molecule has 7 N–H and O–H groups in total. The molecule has 10 nitrogen and oxygen atoms in total. The molecule has 0 aromatic heterocycles. The van der Waals surface area contributed by atoms with Gasteiger partial charge in [0.1, 0.15) is 47.2 Å². The van der Waals surface area contributed by atoms with E-state index in [0.29, 0.717) is 0 Å². The Balaban J connectivity index is 2.33. The second-order valence-corrected chi connectivity index (χ2v) is 4.96. The van der Waals surface area contributed by atoms with E-state index in [4.69, 9.17) is 19.7 Å². The summed E-state index contributed by atoms with van der Waals surface area (Å²) in [5.41, 5.74) is -0.695. The minimum Gasteiger partial charge on any atom is -0.508 e. The van der Waals surface area contributed by atoms with Gasteiger partial charge in [0.2, 0.25) is 6.29 Å². The highest BCUT2D eigenvalue weighted by Gasteiger charge is 2.45. The van der Waals surface area contributed by atoms with Gasteiger partial charge in [-0.3, -0.25) is 0 Å². The number of carbonyl (C=O) groups is 1. The number of carboxylic acid groups (broad SMARTS) is 1. The van der Waals surface area contributed by atoms with Crippen molar-refractivity contribution in [2.24, 2.45) is 0 Å². The first kappa shape index (κ1) is 17.2. The highest BCUT2D eigenvalue weighted by atomic mass is 16.7. The molecule has 2 rings (SSSR count). The SMILES string of the molecule is O=C(O)c1c(O)cc(O)cc1O[C@@H]1O[C@H](CO)[C@@H](O)[C@H](O)[C@H]1O. The summed E-state index contributed by atoms with van der Waals surface area (Å²) >= 11 is 0. The second kappa shape index (κ2) is 6.56. The van der Waals surface area contributed by atoms with Crippen LogP contribution < -0.4 is 4.74 Å². The number of hydrogen-bond donors (Lipinski definition) is 7. The summed E-state index contributed by atoms with van der Waals surface area (Å²) in [5.74, 6) is -3.38. The summed E-state index contributed by atoms with van der Waals surface area (Å²) in [5, 5.41) is 66.3. The Morgan fingerprint density at radius 2 is 1.78 bits per heavy atom. The van der Waals surface area contributed by atoms with E-state index in [0.717, 1.165) is 12.1 Å². The standard InChI is InChI=1S/C13H16O10/c14-3-7-9(17)10(18)11(19)13(23-7)22-6-2-4(15)1-5(16)8(6)12(20)21/h1-2,7,9-11,13-19H,3H2,(H,20,21)/t7-,9-,10+,11-,13-/m1/s1. The molecular weight excluding hydrogens is 316 g/mol. The van der Waals surface area contributed by atoms with Crippen LogP contribution in [0.25, 0.3) is 0 Å². The van der Waals surface area contributed by atoms with Gasteiger partial charge in [0, 0.05) is 12.1 Å². The summed E-state index contributed by atoms with van der Waals surface area (Å²) in [4.78, 5) is 11.2. The van der Waals surface area contributed by atoms with Crippen LogP contribution >= 0.6 is 0 Å². The fraction of sp³-hybridized carbons (Fsp3) is 0.462. The molecule has 1 aromatic carbocycles. The zero-order chi connectivity index (χ0) is 17.3. The van der Waals surface area contributed by atoms with Crippen molar-refractivity contribution >= 4 is 5.97 Å². The number of aliphatic hydroxyl groups excluding tert-OH is 4. The molecule has 0 spiro atoms. The molecule has 0 bridgehead atoms. The normalized spacial score (nSPS) is 30.9. The minimum absolute atomic E-state index is 0.507. The summed E-state index contributed by atoms with van der Waals surface area (Å²) in [6.07, 6.45) is -7.99. The van der Waals surface area contributed by atoms with Gasteiger partial charge < -0.3 is 45.2 Å². The molecule has 0 amide bonds. The van der Waals surface area contributed by atoms with E-state index in [2.05, 4.69) is 0 Å². The molecule has 1 heterocycles. The summed E-state index contributed by atoms with van der Waals surface area (Å²) in [6.45, 7) is -0.693. The Labute approximate surface area is 129 Å². The fourth-order valence-corrected chi connectivity index (χ4v) is 2.18. The van der Waals surface area contributed by atoms with Crippen molar-refractivity contribution in [1.29, 1.82) is 0 Å². The molecule has 5 atom stereocenters. The van der Waals surface area contributed by atoms with E-state index in [1.165, 1.54) is 0 Å². The quantitative estimate of drug-likeness (QED) is 0.325. The lowest BCUT2D eigenvalue weighted by atomic mass is 9.99. The molecule has 10 heteroatoms. The van der Waals surface area contributed by atoms with Crippen molar-refractivity contribution in [3.05, 3.63) is 17.7 Å². The Bertz CT molecular complexity index is 586. The Morgan fingerprint density at radius 1 is 1.13 bits per heavy atom. The number of aliphatic hydroxyl groups is 4. The van der Waals surface area contributed by atoms with Crippen LogP contribution in [0, 0.1) is 0 Å². The molecule has 128 valence electrons. The maximum atomic E-state index is 11.2. The first-order valence-corrected chi connectivity index (χ1v) is 6.52. The van der Waals surface area contributed by atoms with Gasteiger partial charge in [-0.2, -0.15) is 0 Å². The topological polar surface area (TPSA) is 177 Å². The van der Waals surface area contributed by atoms with Gasteiger partial charge >= 0.3 is 5.97 Å². The highest BCUT2D eigenvalue weighted by molar-refractivity contribution is 5.94. The van der Waals surface area contributed by atoms with Gasteiger partial charge in [0.25, 0.3) is 0 Å². The van der Waals surface area contributed by atoms with Crippen LogP contribution in [0.1, 0.15) is 10.4 Å². The van der Waals surface area contributed by atoms with E-state index >= 15 is 0 Å². The monoisotopic (exact) mass is 332 g/mol. The van der Waals surface area contributed by atoms with Gasteiger partial charge in [-0.25, -0.2) is 4.79 Å². The number of phenols is 2. The number of benzene rings is 1.